The summed E-state index contributed by atoms with van der Waals surface area (Å²) in [6, 6.07) is 9.26. The average molecular weight is 425 g/mol. The summed E-state index contributed by atoms with van der Waals surface area (Å²) in [6.07, 6.45) is 3.06. The number of nitrogens with zero attached hydrogens (tertiary/aromatic N) is 4. The van der Waals surface area contributed by atoms with Gasteiger partial charge in [0.05, 0.1) is 11.1 Å². The molecule has 8 heteroatoms. The van der Waals surface area contributed by atoms with E-state index in [1.165, 1.54) is 22.2 Å². The summed E-state index contributed by atoms with van der Waals surface area (Å²) in [4.78, 5) is 27.8. The second-order valence-corrected chi connectivity index (χ2v) is 9.62. The average Bonchev–Trinajstić information content (AvgIpc) is 3.32. The van der Waals surface area contributed by atoms with Gasteiger partial charge in [-0.3, -0.25) is 14.2 Å². The summed E-state index contributed by atoms with van der Waals surface area (Å²) in [7, 11) is 1.74. The fourth-order valence-corrected chi connectivity index (χ4v) is 6.35. The van der Waals surface area contributed by atoms with Crippen molar-refractivity contribution in [2.75, 3.05) is 5.75 Å². The van der Waals surface area contributed by atoms with Gasteiger partial charge in [0.1, 0.15) is 4.83 Å². The Balaban J connectivity index is 1.60. The van der Waals surface area contributed by atoms with Gasteiger partial charge in [-0.2, -0.15) is 0 Å². The quantitative estimate of drug-likeness (QED) is 0.369. The minimum absolute atomic E-state index is 0.0103. The third kappa shape index (κ3) is 3.02. The lowest BCUT2D eigenvalue weighted by Gasteiger charge is -2.17. The van der Waals surface area contributed by atoms with E-state index in [9.17, 15) is 9.59 Å². The Hall–Kier alpha value is -2.45. The molecule has 148 valence electrons. The first-order valence-electron chi connectivity index (χ1n) is 9.64. The van der Waals surface area contributed by atoms with E-state index in [1.807, 2.05) is 34.7 Å². The molecule has 3 heterocycles. The van der Waals surface area contributed by atoms with E-state index < -0.39 is 0 Å². The van der Waals surface area contributed by atoms with Crippen LogP contribution in [0.1, 0.15) is 34.1 Å². The van der Waals surface area contributed by atoms with E-state index in [2.05, 4.69) is 17.1 Å². The molecule has 3 aromatic heterocycles. The molecule has 1 aliphatic carbocycles. The molecule has 1 atom stereocenters. The monoisotopic (exact) mass is 424 g/mol. The van der Waals surface area contributed by atoms with Crippen molar-refractivity contribution in [2.45, 2.75) is 31.3 Å². The minimum Gasteiger partial charge on any atom is -0.293 e. The molecular weight excluding hydrogens is 404 g/mol. The maximum atomic E-state index is 13.0. The predicted octanol–water partition coefficient (Wildman–Crippen LogP) is 3.74. The molecule has 0 saturated carbocycles. The van der Waals surface area contributed by atoms with Crippen LogP contribution < -0.4 is 5.56 Å². The zero-order valence-corrected chi connectivity index (χ0v) is 17.8. The topological polar surface area (TPSA) is 69.3 Å². The van der Waals surface area contributed by atoms with E-state index in [0.717, 1.165) is 29.5 Å². The third-order valence-electron chi connectivity index (χ3n) is 5.56. The smallest absolute Gasteiger partial charge is 0.263 e. The van der Waals surface area contributed by atoms with Crippen LogP contribution in [0.3, 0.4) is 0 Å². The molecule has 0 N–H and O–H groups in total. The van der Waals surface area contributed by atoms with E-state index in [0.29, 0.717) is 22.4 Å². The molecule has 4 aromatic rings. The lowest BCUT2D eigenvalue weighted by atomic mass is 9.89. The number of rotatable bonds is 4. The zero-order valence-electron chi connectivity index (χ0n) is 16.2. The fraction of sp³-hybridized carbons (Fsp3) is 0.333. The molecular formula is C21H20N4O2S2. The van der Waals surface area contributed by atoms with Crippen LogP contribution in [-0.2, 0) is 19.9 Å². The first kappa shape index (κ1) is 18.6. The van der Waals surface area contributed by atoms with E-state index in [1.54, 1.807) is 23.0 Å². The summed E-state index contributed by atoms with van der Waals surface area (Å²) < 4.78 is 3.52. The highest BCUT2D eigenvalue weighted by atomic mass is 32.2. The largest absolute Gasteiger partial charge is 0.293 e. The molecule has 0 aliphatic heterocycles. The van der Waals surface area contributed by atoms with Crippen LogP contribution >= 0.6 is 23.1 Å². The van der Waals surface area contributed by atoms with Crippen molar-refractivity contribution in [2.24, 2.45) is 13.0 Å². The van der Waals surface area contributed by atoms with Crippen molar-refractivity contribution in [3.63, 3.8) is 0 Å². The number of carbonyl (C=O) groups excluding carboxylic acids is 1. The highest BCUT2D eigenvalue weighted by molar-refractivity contribution is 7.99. The number of Topliss-reactive ketones (excluding diaryl/α,β-unsaturated/α-hetero) is 1. The van der Waals surface area contributed by atoms with Gasteiger partial charge in [0.2, 0.25) is 5.78 Å². The summed E-state index contributed by atoms with van der Waals surface area (Å²) >= 11 is 3.04. The van der Waals surface area contributed by atoms with Gasteiger partial charge < -0.3 is 0 Å². The van der Waals surface area contributed by atoms with Gasteiger partial charge >= 0.3 is 0 Å². The van der Waals surface area contributed by atoms with Crippen LogP contribution in [0.4, 0.5) is 0 Å². The molecule has 0 radical (unpaired) electrons. The molecule has 0 spiro atoms. The molecule has 0 saturated heterocycles. The molecule has 1 aromatic carbocycles. The molecule has 29 heavy (non-hydrogen) atoms. The van der Waals surface area contributed by atoms with E-state index in [-0.39, 0.29) is 17.1 Å². The minimum atomic E-state index is -0.0103. The Kier molecular flexibility index (Phi) is 4.55. The second-order valence-electron chi connectivity index (χ2n) is 7.59. The van der Waals surface area contributed by atoms with Crippen LogP contribution in [0.15, 0.2) is 40.3 Å². The molecule has 0 fully saturated rings. The Morgan fingerprint density at radius 1 is 1.28 bits per heavy atom. The highest BCUT2D eigenvalue weighted by Crippen LogP contribution is 2.37. The zero-order chi connectivity index (χ0) is 20.1. The first-order valence-corrected chi connectivity index (χ1v) is 11.4. The number of thiophene rings is 1. The van der Waals surface area contributed by atoms with Gasteiger partial charge in [-0.25, -0.2) is 4.40 Å². The molecule has 1 aliphatic rings. The number of hydrogen-bond acceptors (Lipinski definition) is 6. The number of hydrogen-bond donors (Lipinski definition) is 0. The van der Waals surface area contributed by atoms with Crippen LogP contribution in [-0.4, -0.2) is 30.7 Å². The maximum absolute atomic E-state index is 13.0. The summed E-state index contributed by atoms with van der Waals surface area (Å²) in [6.45, 7) is 2.26. The number of thioether (sulfide) groups is 1. The fourth-order valence-electron chi connectivity index (χ4n) is 3.96. The Labute approximate surface area is 175 Å². The van der Waals surface area contributed by atoms with E-state index >= 15 is 0 Å². The predicted molar refractivity (Wildman–Crippen MR) is 116 cm³/mol. The molecule has 0 amide bonds. The highest BCUT2D eigenvalue weighted by Gasteiger charge is 2.26. The first-order chi connectivity index (χ1) is 14.0. The number of fused-ring (bicyclic) bond motifs is 5. The second kappa shape index (κ2) is 7.11. The lowest BCUT2D eigenvalue weighted by Crippen LogP contribution is -2.21. The number of aryl methyl sites for hydroxylation is 2. The van der Waals surface area contributed by atoms with E-state index in [4.69, 9.17) is 0 Å². The van der Waals surface area contributed by atoms with Gasteiger partial charge in [0.25, 0.3) is 5.56 Å². The number of ketones is 1. The third-order valence-corrected chi connectivity index (χ3v) is 7.73. The molecule has 6 nitrogen and oxygen atoms in total. The standard InChI is InChI=1S/C21H20N4O2S2/c1-12-8-9-14-16(10-12)29-19-17(14)18(27)24(2)20-22-23-21(25(19)20)28-11-15(26)13-6-4-3-5-7-13/h3-7,12H,8-11H2,1-2H3. The van der Waals surface area contributed by atoms with Crippen LogP contribution in [0, 0.1) is 5.92 Å². The lowest BCUT2D eigenvalue weighted by molar-refractivity contribution is 0.102. The number of carbonyl (C=O) groups is 1. The summed E-state index contributed by atoms with van der Waals surface area (Å²) in [5.41, 5.74) is 1.87. The maximum Gasteiger partial charge on any atom is 0.263 e. The molecule has 1 unspecified atom stereocenters. The van der Waals surface area contributed by atoms with Crippen molar-refractivity contribution in [1.29, 1.82) is 0 Å². The van der Waals surface area contributed by atoms with Crippen molar-refractivity contribution >= 4 is 44.9 Å². The van der Waals surface area contributed by atoms with Crippen molar-refractivity contribution < 1.29 is 4.79 Å². The van der Waals surface area contributed by atoms with Gasteiger partial charge in [-0.15, -0.1) is 21.5 Å². The van der Waals surface area contributed by atoms with Crippen molar-refractivity contribution in [3.05, 3.63) is 56.7 Å². The van der Waals surface area contributed by atoms with Gasteiger partial charge in [-0.05, 0) is 30.7 Å². The summed E-state index contributed by atoms with van der Waals surface area (Å²) in [5.74, 6) is 1.47. The Morgan fingerprint density at radius 2 is 2.07 bits per heavy atom. The van der Waals surface area contributed by atoms with Crippen LogP contribution in [0.5, 0.6) is 0 Å². The summed E-state index contributed by atoms with van der Waals surface area (Å²) in [5, 5.41) is 10.0. The number of aromatic nitrogens is 4. The van der Waals surface area contributed by atoms with Crippen molar-refractivity contribution in [3.8, 4) is 0 Å². The molecule has 0 bridgehead atoms. The molecule has 5 rings (SSSR count). The van der Waals surface area contributed by atoms with Gasteiger partial charge in [-0.1, -0.05) is 49.0 Å². The Morgan fingerprint density at radius 3 is 2.86 bits per heavy atom. The van der Waals surface area contributed by atoms with Crippen LogP contribution in [0.25, 0.3) is 16.0 Å². The Bertz CT molecular complexity index is 1300. The van der Waals surface area contributed by atoms with Crippen molar-refractivity contribution in [1.82, 2.24) is 19.2 Å². The van der Waals surface area contributed by atoms with Gasteiger partial charge in [0.15, 0.2) is 10.9 Å². The van der Waals surface area contributed by atoms with Crippen LogP contribution in [0.2, 0.25) is 0 Å². The number of benzene rings is 1. The van der Waals surface area contributed by atoms with Gasteiger partial charge in [0, 0.05) is 17.5 Å². The normalized spacial score (nSPS) is 16.4. The SMILES string of the molecule is CC1CCc2c(sc3c2c(=O)n(C)c2nnc(SCC(=O)c4ccccc4)n32)C1.